The third-order valence-corrected chi connectivity index (χ3v) is 4.08. The second-order valence-corrected chi connectivity index (χ2v) is 5.62. The highest BCUT2D eigenvalue weighted by Gasteiger charge is 2.17. The molecule has 0 fully saturated rings. The number of hydrogen-bond acceptors (Lipinski definition) is 2. The number of para-hydroxylation sites is 1. The number of nitrogens with one attached hydrogen (secondary N) is 1. The number of nitrogen functional groups attached to an aromatic ring is 1. The second-order valence-electron chi connectivity index (χ2n) is 5.22. The number of aromatic amines is 1. The fourth-order valence-electron chi connectivity index (χ4n) is 2.56. The SMILES string of the molecule is Cc1cc(C)c(C(=O)c2c[nH]c3c(Cl)cccc23)cc1N. The van der Waals surface area contributed by atoms with Gasteiger partial charge in [0.05, 0.1) is 10.5 Å². The van der Waals surface area contributed by atoms with Crippen molar-refractivity contribution in [2.24, 2.45) is 0 Å². The minimum atomic E-state index is -0.0484. The van der Waals surface area contributed by atoms with Gasteiger partial charge in [-0.25, -0.2) is 0 Å². The normalized spacial score (nSPS) is 11.0. The number of nitrogens with two attached hydrogens (primary N) is 1. The van der Waals surface area contributed by atoms with Gasteiger partial charge in [-0.3, -0.25) is 4.79 Å². The van der Waals surface area contributed by atoms with Crippen molar-refractivity contribution >= 4 is 34.0 Å². The van der Waals surface area contributed by atoms with E-state index in [1.54, 1.807) is 18.3 Å². The number of fused-ring (bicyclic) bond motifs is 1. The van der Waals surface area contributed by atoms with Gasteiger partial charge in [0, 0.05) is 28.4 Å². The summed E-state index contributed by atoms with van der Waals surface area (Å²) in [6.07, 6.45) is 1.70. The molecule has 0 aliphatic rings. The predicted molar refractivity (Wildman–Crippen MR) is 87.1 cm³/mol. The van der Waals surface area contributed by atoms with Gasteiger partial charge in [-0.1, -0.05) is 29.8 Å². The molecule has 0 saturated heterocycles. The standard InChI is InChI=1S/C17H15ClN2O/c1-9-6-10(2)15(19)7-12(9)17(21)13-8-20-16-11(13)4-3-5-14(16)18/h3-8,20H,19H2,1-2H3. The molecule has 0 radical (unpaired) electrons. The minimum Gasteiger partial charge on any atom is -0.398 e. The van der Waals surface area contributed by atoms with E-state index in [-0.39, 0.29) is 5.78 Å². The van der Waals surface area contributed by atoms with Crippen molar-refractivity contribution in [2.75, 3.05) is 5.73 Å². The molecule has 0 aliphatic carbocycles. The van der Waals surface area contributed by atoms with Gasteiger partial charge in [0.15, 0.2) is 5.78 Å². The van der Waals surface area contributed by atoms with Crippen LogP contribution >= 0.6 is 11.6 Å². The number of anilines is 1. The highest BCUT2D eigenvalue weighted by molar-refractivity contribution is 6.35. The topological polar surface area (TPSA) is 58.9 Å². The van der Waals surface area contributed by atoms with E-state index in [0.717, 1.165) is 22.0 Å². The van der Waals surface area contributed by atoms with Crippen molar-refractivity contribution in [2.45, 2.75) is 13.8 Å². The molecule has 0 atom stereocenters. The lowest BCUT2D eigenvalue weighted by Gasteiger charge is -2.08. The van der Waals surface area contributed by atoms with Gasteiger partial charge < -0.3 is 10.7 Å². The molecule has 3 nitrogen and oxygen atoms in total. The Kier molecular flexibility index (Phi) is 3.22. The maximum absolute atomic E-state index is 12.8. The van der Waals surface area contributed by atoms with Crippen molar-refractivity contribution in [3.05, 3.63) is 63.8 Å². The predicted octanol–water partition coefficient (Wildman–Crippen LogP) is 4.25. The zero-order chi connectivity index (χ0) is 15.1. The largest absolute Gasteiger partial charge is 0.398 e. The molecule has 0 saturated carbocycles. The van der Waals surface area contributed by atoms with Crippen molar-refractivity contribution in [3.8, 4) is 0 Å². The van der Waals surface area contributed by atoms with E-state index in [1.807, 2.05) is 32.0 Å². The van der Waals surface area contributed by atoms with Gasteiger partial charge in [0.1, 0.15) is 0 Å². The Morgan fingerprint density at radius 3 is 2.67 bits per heavy atom. The first-order chi connectivity index (χ1) is 9.99. The molecule has 3 aromatic rings. The Morgan fingerprint density at radius 1 is 1.14 bits per heavy atom. The Balaban J connectivity index is 2.18. The van der Waals surface area contributed by atoms with Crippen LogP contribution in [0.25, 0.3) is 10.9 Å². The van der Waals surface area contributed by atoms with E-state index in [0.29, 0.717) is 21.8 Å². The molecule has 106 valence electrons. The molecule has 0 spiro atoms. The first-order valence-electron chi connectivity index (χ1n) is 6.66. The zero-order valence-electron chi connectivity index (χ0n) is 11.8. The van der Waals surface area contributed by atoms with Crippen LogP contribution in [0.4, 0.5) is 5.69 Å². The third kappa shape index (κ3) is 2.20. The van der Waals surface area contributed by atoms with Gasteiger partial charge in [-0.15, -0.1) is 0 Å². The summed E-state index contributed by atoms with van der Waals surface area (Å²) in [6, 6.07) is 9.20. The molecule has 4 heteroatoms. The number of rotatable bonds is 2. The van der Waals surface area contributed by atoms with Crippen LogP contribution in [-0.4, -0.2) is 10.8 Å². The summed E-state index contributed by atoms with van der Waals surface area (Å²) >= 11 is 6.14. The number of hydrogen-bond donors (Lipinski definition) is 2. The van der Waals surface area contributed by atoms with Crippen LogP contribution < -0.4 is 5.73 Å². The molecule has 1 aromatic heterocycles. The Morgan fingerprint density at radius 2 is 1.90 bits per heavy atom. The first kappa shape index (κ1) is 13.7. The van der Waals surface area contributed by atoms with Crippen LogP contribution in [0.5, 0.6) is 0 Å². The molecule has 0 unspecified atom stereocenters. The van der Waals surface area contributed by atoms with E-state index in [4.69, 9.17) is 17.3 Å². The second kappa shape index (κ2) is 4.93. The Labute approximate surface area is 127 Å². The van der Waals surface area contributed by atoms with Crippen LogP contribution in [0, 0.1) is 13.8 Å². The maximum atomic E-state index is 12.8. The van der Waals surface area contributed by atoms with Crippen LogP contribution in [0.15, 0.2) is 36.5 Å². The lowest BCUT2D eigenvalue weighted by molar-refractivity contribution is 0.104. The number of carbonyl (C=O) groups is 1. The number of H-pyrrole nitrogens is 1. The molecule has 0 bridgehead atoms. The monoisotopic (exact) mass is 298 g/mol. The summed E-state index contributed by atoms with van der Waals surface area (Å²) in [4.78, 5) is 15.9. The molecular formula is C17H15ClN2O. The van der Waals surface area contributed by atoms with E-state index >= 15 is 0 Å². The van der Waals surface area contributed by atoms with E-state index in [1.165, 1.54) is 0 Å². The number of halogens is 1. The van der Waals surface area contributed by atoms with Crippen LogP contribution in [-0.2, 0) is 0 Å². The maximum Gasteiger partial charge on any atom is 0.195 e. The first-order valence-corrected chi connectivity index (χ1v) is 7.04. The molecule has 21 heavy (non-hydrogen) atoms. The molecule has 3 N–H and O–H groups in total. The quantitative estimate of drug-likeness (QED) is 0.549. The van der Waals surface area contributed by atoms with Gasteiger partial charge >= 0.3 is 0 Å². The minimum absolute atomic E-state index is 0.0484. The molecule has 1 heterocycles. The van der Waals surface area contributed by atoms with Crippen LogP contribution in [0.2, 0.25) is 5.02 Å². The molecule has 2 aromatic carbocycles. The van der Waals surface area contributed by atoms with Gasteiger partial charge in [0.25, 0.3) is 0 Å². The zero-order valence-corrected chi connectivity index (χ0v) is 12.6. The smallest absolute Gasteiger partial charge is 0.195 e. The lowest BCUT2D eigenvalue weighted by atomic mass is 9.96. The van der Waals surface area contributed by atoms with Crippen LogP contribution in [0.1, 0.15) is 27.0 Å². The fraction of sp³-hybridized carbons (Fsp3) is 0.118. The number of benzene rings is 2. The summed E-state index contributed by atoms with van der Waals surface area (Å²) in [5, 5.41) is 1.43. The van der Waals surface area contributed by atoms with E-state index in [2.05, 4.69) is 4.98 Å². The van der Waals surface area contributed by atoms with Gasteiger partial charge in [-0.2, -0.15) is 0 Å². The molecule has 0 amide bonds. The summed E-state index contributed by atoms with van der Waals surface area (Å²) < 4.78 is 0. The summed E-state index contributed by atoms with van der Waals surface area (Å²) in [6.45, 7) is 3.85. The highest BCUT2D eigenvalue weighted by atomic mass is 35.5. The number of aryl methyl sites for hydroxylation is 2. The third-order valence-electron chi connectivity index (χ3n) is 3.77. The van der Waals surface area contributed by atoms with E-state index in [9.17, 15) is 4.79 Å². The summed E-state index contributed by atoms with van der Waals surface area (Å²) in [5.74, 6) is -0.0484. The van der Waals surface area contributed by atoms with E-state index < -0.39 is 0 Å². The molecular weight excluding hydrogens is 284 g/mol. The van der Waals surface area contributed by atoms with Crippen molar-refractivity contribution in [1.29, 1.82) is 0 Å². The fourth-order valence-corrected chi connectivity index (χ4v) is 2.79. The lowest BCUT2D eigenvalue weighted by Crippen LogP contribution is -2.05. The van der Waals surface area contributed by atoms with Crippen LogP contribution in [0.3, 0.4) is 0 Å². The van der Waals surface area contributed by atoms with Crippen molar-refractivity contribution < 1.29 is 4.79 Å². The average Bonchev–Trinajstić information content (AvgIpc) is 2.87. The number of carbonyl (C=O) groups excluding carboxylic acids is 1. The molecule has 3 rings (SSSR count). The number of aromatic nitrogens is 1. The highest BCUT2D eigenvalue weighted by Crippen LogP contribution is 2.28. The Bertz CT molecular complexity index is 865. The summed E-state index contributed by atoms with van der Waals surface area (Å²) in [5.41, 5.74) is 10.5. The van der Waals surface area contributed by atoms with Crippen molar-refractivity contribution in [1.82, 2.24) is 4.98 Å². The Hall–Kier alpha value is -2.26. The average molecular weight is 299 g/mol. The van der Waals surface area contributed by atoms with Gasteiger partial charge in [-0.05, 0) is 37.1 Å². The van der Waals surface area contributed by atoms with Gasteiger partial charge in [0.2, 0.25) is 0 Å². The van der Waals surface area contributed by atoms with Crippen molar-refractivity contribution in [3.63, 3.8) is 0 Å². The molecule has 0 aliphatic heterocycles. The number of ketones is 1. The summed E-state index contributed by atoms with van der Waals surface area (Å²) in [7, 11) is 0.